The summed E-state index contributed by atoms with van der Waals surface area (Å²) < 4.78 is 0. The van der Waals surface area contributed by atoms with Crippen LogP contribution in [0.5, 0.6) is 0 Å². The zero-order valence-corrected chi connectivity index (χ0v) is 12.0. The van der Waals surface area contributed by atoms with Gasteiger partial charge in [0.05, 0.1) is 23.7 Å². The molecule has 1 saturated carbocycles. The Bertz CT molecular complexity index is 453. The molecule has 0 radical (unpaired) electrons. The first-order valence-corrected chi connectivity index (χ1v) is 7.15. The second kappa shape index (κ2) is 6.17. The fraction of sp³-hybridized carbons (Fsp3) is 0.643. The van der Waals surface area contributed by atoms with Gasteiger partial charge in [-0.2, -0.15) is 0 Å². The summed E-state index contributed by atoms with van der Waals surface area (Å²) in [5.41, 5.74) is -0.285. The first kappa shape index (κ1) is 14.7. The maximum absolute atomic E-state index is 11.7. The van der Waals surface area contributed by atoms with E-state index in [1.165, 1.54) is 0 Å². The van der Waals surface area contributed by atoms with Crippen LogP contribution in [-0.4, -0.2) is 33.3 Å². The minimum atomic E-state index is -0.844. The zero-order chi connectivity index (χ0) is 14.6. The van der Waals surface area contributed by atoms with Gasteiger partial charge in [0.2, 0.25) is 0 Å². The zero-order valence-electron chi connectivity index (χ0n) is 12.0. The Hall–Kier alpha value is -1.69. The summed E-state index contributed by atoms with van der Waals surface area (Å²) in [5, 5.41) is 15.4. The number of nitrogens with one attached hydrogen (secondary N) is 2. The van der Waals surface area contributed by atoms with Crippen molar-refractivity contribution < 1.29 is 9.90 Å². The Balaban J connectivity index is 1.81. The van der Waals surface area contributed by atoms with Crippen LogP contribution in [0.3, 0.4) is 0 Å². The van der Waals surface area contributed by atoms with Crippen molar-refractivity contribution in [1.29, 1.82) is 0 Å². The molecule has 0 saturated heterocycles. The van der Waals surface area contributed by atoms with Gasteiger partial charge in [-0.15, -0.1) is 0 Å². The molecule has 6 nitrogen and oxygen atoms in total. The molecule has 0 bridgehead atoms. The van der Waals surface area contributed by atoms with Crippen molar-refractivity contribution in [3.63, 3.8) is 0 Å². The number of aromatic nitrogens is 2. The molecule has 20 heavy (non-hydrogen) atoms. The van der Waals surface area contributed by atoms with Gasteiger partial charge < -0.3 is 15.7 Å². The smallest absolute Gasteiger partial charge is 0.319 e. The van der Waals surface area contributed by atoms with Crippen LogP contribution in [0, 0.1) is 0 Å². The van der Waals surface area contributed by atoms with Crippen LogP contribution in [0.25, 0.3) is 0 Å². The van der Waals surface area contributed by atoms with E-state index in [4.69, 9.17) is 0 Å². The number of nitrogens with zero attached hydrogens (tertiary/aromatic N) is 2. The quantitative estimate of drug-likeness (QED) is 0.743. The van der Waals surface area contributed by atoms with E-state index in [0.29, 0.717) is 24.4 Å². The lowest BCUT2D eigenvalue weighted by atomic mass is 9.98. The number of carbonyl (C=O) groups is 1. The minimum absolute atomic E-state index is 0.229. The summed E-state index contributed by atoms with van der Waals surface area (Å²) in [6.45, 7) is 4.02. The Morgan fingerprint density at radius 2 is 1.95 bits per heavy atom. The normalized spacial score (nSPS) is 14.9. The van der Waals surface area contributed by atoms with E-state index >= 15 is 0 Å². The molecular weight excluding hydrogens is 256 g/mol. The van der Waals surface area contributed by atoms with E-state index in [0.717, 1.165) is 18.7 Å². The highest BCUT2D eigenvalue weighted by Crippen LogP contribution is 2.37. The van der Waals surface area contributed by atoms with Crippen molar-refractivity contribution >= 4 is 11.7 Å². The lowest BCUT2D eigenvalue weighted by Crippen LogP contribution is -2.43. The van der Waals surface area contributed by atoms with Gasteiger partial charge in [0.25, 0.3) is 0 Å². The number of amides is 2. The van der Waals surface area contributed by atoms with Crippen molar-refractivity contribution in [3.05, 3.63) is 18.2 Å². The van der Waals surface area contributed by atoms with Crippen molar-refractivity contribution in [2.75, 3.05) is 11.9 Å². The van der Waals surface area contributed by atoms with Gasteiger partial charge in [-0.1, -0.05) is 13.8 Å². The molecule has 0 unspecified atom stereocenters. The second-order valence-electron chi connectivity index (χ2n) is 5.34. The van der Waals surface area contributed by atoms with Crippen molar-refractivity contribution in [3.8, 4) is 0 Å². The highest BCUT2D eigenvalue weighted by Gasteiger charge is 2.26. The molecule has 2 rings (SSSR count). The van der Waals surface area contributed by atoms with Crippen LogP contribution in [0.15, 0.2) is 12.4 Å². The average Bonchev–Trinajstić information content (AvgIpc) is 3.30. The summed E-state index contributed by atoms with van der Waals surface area (Å²) >= 11 is 0. The van der Waals surface area contributed by atoms with E-state index in [1.54, 1.807) is 12.4 Å². The van der Waals surface area contributed by atoms with Gasteiger partial charge in [-0.3, -0.25) is 0 Å². The number of aliphatic hydroxyl groups is 1. The van der Waals surface area contributed by atoms with Gasteiger partial charge in [-0.05, 0) is 25.7 Å². The fourth-order valence-electron chi connectivity index (χ4n) is 1.88. The number of anilines is 1. The predicted molar refractivity (Wildman–Crippen MR) is 76.6 cm³/mol. The maximum Gasteiger partial charge on any atom is 0.319 e. The molecule has 6 heteroatoms. The number of urea groups is 1. The van der Waals surface area contributed by atoms with Crippen molar-refractivity contribution in [2.45, 2.75) is 51.0 Å². The van der Waals surface area contributed by atoms with E-state index in [-0.39, 0.29) is 12.6 Å². The minimum Gasteiger partial charge on any atom is -0.388 e. The third-order valence-electron chi connectivity index (χ3n) is 3.77. The lowest BCUT2D eigenvalue weighted by molar-refractivity contribution is 0.0354. The Morgan fingerprint density at radius 1 is 1.35 bits per heavy atom. The topological polar surface area (TPSA) is 87.1 Å². The van der Waals surface area contributed by atoms with Gasteiger partial charge >= 0.3 is 6.03 Å². The largest absolute Gasteiger partial charge is 0.388 e. The second-order valence-corrected chi connectivity index (χ2v) is 5.34. The fourth-order valence-corrected chi connectivity index (χ4v) is 1.88. The maximum atomic E-state index is 11.7. The Labute approximate surface area is 119 Å². The van der Waals surface area contributed by atoms with E-state index in [1.807, 2.05) is 13.8 Å². The molecule has 110 valence electrons. The number of hydrogen-bond donors (Lipinski definition) is 3. The Morgan fingerprint density at radius 3 is 2.45 bits per heavy atom. The van der Waals surface area contributed by atoms with Gasteiger partial charge in [0.15, 0.2) is 0 Å². The lowest BCUT2D eigenvalue weighted by Gasteiger charge is -2.25. The number of rotatable bonds is 6. The molecule has 0 spiro atoms. The summed E-state index contributed by atoms with van der Waals surface area (Å²) in [6.07, 6.45) is 6.74. The van der Waals surface area contributed by atoms with Crippen LogP contribution in [0.2, 0.25) is 0 Å². The molecule has 1 aliphatic rings. The van der Waals surface area contributed by atoms with Crippen LogP contribution in [-0.2, 0) is 0 Å². The molecule has 0 aromatic carbocycles. The highest BCUT2D eigenvalue weighted by atomic mass is 16.3. The summed E-state index contributed by atoms with van der Waals surface area (Å²) in [5.74, 6) is 1.35. The molecule has 1 fully saturated rings. The monoisotopic (exact) mass is 278 g/mol. The van der Waals surface area contributed by atoms with E-state index in [9.17, 15) is 9.90 Å². The number of carbonyl (C=O) groups excluding carboxylic acids is 1. The molecule has 0 atom stereocenters. The average molecular weight is 278 g/mol. The molecule has 1 aromatic heterocycles. The molecule has 0 aliphatic heterocycles. The van der Waals surface area contributed by atoms with E-state index < -0.39 is 5.60 Å². The standard InChI is InChI=1S/C14H22N4O2/c1-3-14(20,4-2)9-17-13(19)18-11-7-15-12(16-8-11)10-5-6-10/h7-8,10,20H,3-6,9H2,1-2H3,(H2,17,18,19). The van der Waals surface area contributed by atoms with Crippen molar-refractivity contribution in [2.24, 2.45) is 0 Å². The van der Waals surface area contributed by atoms with Gasteiger partial charge in [-0.25, -0.2) is 14.8 Å². The van der Waals surface area contributed by atoms with Crippen LogP contribution >= 0.6 is 0 Å². The first-order chi connectivity index (χ1) is 9.56. The van der Waals surface area contributed by atoms with Crippen LogP contribution in [0.1, 0.15) is 51.3 Å². The van der Waals surface area contributed by atoms with Crippen molar-refractivity contribution in [1.82, 2.24) is 15.3 Å². The molecule has 1 aliphatic carbocycles. The third kappa shape index (κ3) is 3.90. The van der Waals surface area contributed by atoms with E-state index in [2.05, 4.69) is 20.6 Å². The summed E-state index contributed by atoms with van der Waals surface area (Å²) in [7, 11) is 0. The van der Waals surface area contributed by atoms with Crippen LogP contribution in [0.4, 0.5) is 10.5 Å². The van der Waals surface area contributed by atoms with Crippen LogP contribution < -0.4 is 10.6 Å². The molecule has 1 heterocycles. The third-order valence-corrected chi connectivity index (χ3v) is 3.77. The molecule has 1 aromatic rings. The SMILES string of the molecule is CCC(O)(CC)CNC(=O)Nc1cnc(C2CC2)nc1. The predicted octanol–water partition coefficient (Wildman–Crippen LogP) is 2.03. The summed E-state index contributed by atoms with van der Waals surface area (Å²) in [4.78, 5) is 20.2. The molecule has 2 amide bonds. The Kier molecular flexibility index (Phi) is 4.54. The van der Waals surface area contributed by atoms with Gasteiger partial charge in [0, 0.05) is 12.5 Å². The highest BCUT2D eigenvalue weighted by molar-refractivity contribution is 5.88. The molecular formula is C14H22N4O2. The first-order valence-electron chi connectivity index (χ1n) is 7.15. The molecule has 3 N–H and O–H groups in total. The summed E-state index contributed by atoms with van der Waals surface area (Å²) in [6, 6.07) is -0.354. The van der Waals surface area contributed by atoms with Gasteiger partial charge in [0.1, 0.15) is 5.82 Å². The number of hydrogen-bond acceptors (Lipinski definition) is 4.